The number of hydrogen-bond acceptors (Lipinski definition) is 6. The van der Waals surface area contributed by atoms with E-state index in [2.05, 4.69) is 10.6 Å². The SMILES string of the molecule is COc1ccccc1NC(=O)C1=C(C)Nc2nc(-c3ccccc3C)nn2C1c1ccc(C)o1. The van der Waals surface area contributed by atoms with E-state index < -0.39 is 6.04 Å². The Kier molecular flexibility index (Phi) is 5.41. The summed E-state index contributed by atoms with van der Waals surface area (Å²) in [5, 5.41) is 11.0. The van der Waals surface area contributed by atoms with E-state index in [0.717, 1.165) is 16.9 Å². The van der Waals surface area contributed by atoms with Crippen molar-refractivity contribution in [2.24, 2.45) is 0 Å². The zero-order valence-corrected chi connectivity index (χ0v) is 19.4. The van der Waals surface area contributed by atoms with E-state index in [1.54, 1.807) is 23.9 Å². The van der Waals surface area contributed by atoms with Gasteiger partial charge in [-0.3, -0.25) is 4.79 Å². The summed E-state index contributed by atoms with van der Waals surface area (Å²) in [6.07, 6.45) is 0. The molecule has 2 aromatic carbocycles. The molecule has 2 N–H and O–H groups in total. The van der Waals surface area contributed by atoms with Crippen molar-refractivity contribution in [1.82, 2.24) is 14.8 Å². The summed E-state index contributed by atoms with van der Waals surface area (Å²) in [6.45, 7) is 5.74. The highest BCUT2D eigenvalue weighted by Gasteiger charge is 2.36. The van der Waals surface area contributed by atoms with Gasteiger partial charge in [-0.15, -0.1) is 5.10 Å². The maximum absolute atomic E-state index is 13.6. The first-order valence-corrected chi connectivity index (χ1v) is 11.0. The molecule has 0 saturated heterocycles. The fourth-order valence-electron chi connectivity index (χ4n) is 4.18. The average molecular weight is 456 g/mol. The van der Waals surface area contributed by atoms with Crippen LogP contribution < -0.4 is 15.4 Å². The number of hydrogen-bond donors (Lipinski definition) is 2. The molecule has 1 aliphatic heterocycles. The minimum Gasteiger partial charge on any atom is -0.495 e. The monoisotopic (exact) mass is 455 g/mol. The summed E-state index contributed by atoms with van der Waals surface area (Å²) < 4.78 is 13.1. The van der Waals surface area contributed by atoms with E-state index in [1.807, 2.05) is 69.3 Å². The van der Waals surface area contributed by atoms with Crippen molar-refractivity contribution in [1.29, 1.82) is 0 Å². The van der Waals surface area contributed by atoms with Crippen LogP contribution in [0, 0.1) is 13.8 Å². The zero-order valence-electron chi connectivity index (χ0n) is 19.4. The van der Waals surface area contributed by atoms with Crippen LogP contribution in [0.4, 0.5) is 11.6 Å². The van der Waals surface area contributed by atoms with Crippen LogP contribution in [0.15, 0.2) is 76.4 Å². The van der Waals surface area contributed by atoms with Crippen molar-refractivity contribution >= 4 is 17.5 Å². The van der Waals surface area contributed by atoms with E-state index in [-0.39, 0.29) is 5.91 Å². The summed E-state index contributed by atoms with van der Waals surface area (Å²) in [6, 6.07) is 18.4. The number of methoxy groups -OCH3 is 1. The lowest BCUT2D eigenvalue weighted by Gasteiger charge is -2.27. The topological polar surface area (TPSA) is 94.2 Å². The van der Waals surface area contributed by atoms with Gasteiger partial charge in [0.25, 0.3) is 5.91 Å². The van der Waals surface area contributed by atoms with Crippen molar-refractivity contribution in [3.8, 4) is 17.1 Å². The Labute approximate surface area is 197 Å². The molecule has 1 unspecified atom stereocenters. The fourth-order valence-corrected chi connectivity index (χ4v) is 4.18. The second-order valence-corrected chi connectivity index (χ2v) is 8.19. The molecule has 8 nitrogen and oxygen atoms in total. The predicted molar refractivity (Wildman–Crippen MR) is 130 cm³/mol. The number of benzene rings is 2. The molecule has 5 rings (SSSR count). The van der Waals surface area contributed by atoms with Gasteiger partial charge in [-0.1, -0.05) is 36.4 Å². The first-order valence-electron chi connectivity index (χ1n) is 11.0. The summed E-state index contributed by atoms with van der Waals surface area (Å²) in [5.41, 5.74) is 3.72. The molecular weight excluding hydrogens is 430 g/mol. The molecule has 1 amide bonds. The molecule has 0 fully saturated rings. The summed E-state index contributed by atoms with van der Waals surface area (Å²) >= 11 is 0. The molecule has 34 heavy (non-hydrogen) atoms. The number of carbonyl (C=O) groups excluding carboxylic acids is 1. The molecule has 2 aromatic heterocycles. The zero-order chi connectivity index (χ0) is 23.8. The number of nitrogens with one attached hydrogen (secondary N) is 2. The minimum absolute atomic E-state index is 0.285. The highest BCUT2D eigenvalue weighted by molar-refractivity contribution is 6.06. The molecule has 0 bridgehead atoms. The number of amides is 1. The molecule has 0 aliphatic carbocycles. The number of fused-ring (bicyclic) bond motifs is 1. The number of furan rings is 1. The highest BCUT2D eigenvalue weighted by atomic mass is 16.5. The van der Waals surface area contributed by atoms with Gasteiger partial charge in [-0.25, -0.2) is 4.68 Å². The number of allylic oxidation sites excluding steroid dienone is 1. The first kappa shape index (κ1) is 21.5. The van der Waals surface area contributed by atoms with Gasteiger partial charge in [-0.05, 0) is 50.6 Å². The van der Waals surface area contributed by atoms with Crippen LogP contribution in [0.1, 0.15) is 30.0 Å². The van der Waals surface area contributed by atoms with Gasteiger partial charge in [0.2, 0.25) is 5.95 Å². The first-order chi connectivity index (χ1) is 16.5. The van der Waals surface area contributed by atoms with Crippen molar-refractivity contribution in [2.75, 3.05) is 17.7 Å². The van der Waals surface area contributed by atoms with Crippen LogP contribution in [-0.2, 0) is 4.79 Å². The number of anilines is 2. The molecule has 1 aliphatic rings. The third-order valence-electron chi connectivity index (χ3n) is 5.87. The lowest BCUT2D eigenvalue weighted by atomic mass is 10.00. The number of carbonyl (C=O) groups is 1. The lowest BCUT2D eigenvalue weighted by Crippen LogP contribution is -2.31. The lowest BCUT2D eigenvalue weighted by molar-refractivity contribution is -0.113. The van der Waals surface area contributed by atoms with Gasteiger partial charge in [0.1, 0.15) is 23.3 Å². The van der Waals surface area contributed by atoms with Crippen LogP contribution in [0.25, 0.3) is 11.4 Å². The van der Waals surface area contributed by atoms with E-state index in [1.165, 1.54) is 0 Å². The van der Waals surface area contributed by atoms with Crippen LogP contribution in [0.2, 0.25) is 0 Å². The van der Waals surface area contributed by atoms with Crippen molar-refractivity contribution in [2.45, 2.75) is 26.8 Å². The number of nitrogens with zero attached hydrogens (tertiary/aromatic N) is 3. The normalized spacial score (nSPS) is 15.0. The Morgan fingerprint density at radius 2 is 1.82 bits per heavy atom. The largest absolute Gasteiger partial charge is 0.495 e. The smallest absolute Gasteiger partial charge is 0.256 e. The number of rotatable bonds is 5. The number of para-hydroxylation sites is 2. The summed E-state index contributed by atoms with van der Waals surface area (Å²) in [7, 11) is 1.57. The standard InChI is InChI=1S/C26H25N5O3/c1-15-9-5-6-10-18(15)24-29-26-27-17(3)22(23(31(26)30-24)21-14-13-16(2)34-21)25(32)28-19-11-7-8-12-20(19)33-4/h5-14,23H,1-4H3,(H,28,32)(H,27,29,30). The van der Waals surface area contributed by atoms with Gasteiger partial charge < -0.3 is 19.8 Å². The average Bonchev–Trinajstić information content (AvgIpc) is 3.44. The van der Waals surface area contributed by atoms with E-state index in [9.17, 15) is 4.79 Å². The molecule has 172 valence electrons. The predicted octanol–water partition coefficient (Wildman–Crippen LogP) is 5.09. The molecule has 0 spiro atoms. The Morgan fingerprint density at radius 1 is 1.06 bits per heavy atom. The van der Waals surface area contributed by atoms with Crippen LogP contribution in [-0.4, -0.2) is 27.8 Å². The number of aryl methyl sites for hydroxylation is 2. The van der Waals surface area contributed by atoms with Crippen molar-refractivity contribution in [3.63, 3.8) is 0 Å². The highest BCUT2D eigenvalue weighted by Crippen LogP contribution is 2.38. The van der Waals surface area contributed by atoms with Crippen molar-refractivity contribution in [3.05, 3.63) is 89.0 Å². The van der Waals surface area contributed by atoms with E-state index >= 15 is 0 Å². The third kappa shape index (κ3) is 3.73. The van der Waals surface area contributed by atoms with E-state index in [4.69, 9.17) is 19.2 Å². The molecule has 8 heteroatoms. The van der Waals surface area contributed by atoms with Crippen molar-refractivity contribution < 1.29 is 13.9 Å². The number of ether oxygens (including phenoxy) is 1. The minimum atomic E-state index is -0.593. The van der Waals surface area contributed by atoms with Gasteiger partial charge in [0.15, 0.2) is 5.82 Å². The fraction of sp³-hybridized carbons (Fsp3) is 0.192. The third-order valence-corrected chi connectivity index (χ3v) is 5.87. The molecule has 0 radical (unpaired) electrons. The van der Waals surface area contributed by atoms with E-state index in [0.29, 0.717) is 40.2 Å². The Hall–Kier alpha value is -4.33. The second-order valence-electron chi connectivity index (χ2n) is 8.19. The van der Waals surface area contributed by atoms with Crippen LogP contribution in [0.3, 0.4) is 0 Å². The van der Waals surface area contributed by atoms with Gasteiger partial charge in [0.05, 0.1) is 18.4 Å². The summed E-state index contributed by atoms with van der Waals surface area (Å²) in [4.78, 5) is 18.3. The Bertz CT molecular complexity index is 1420. The van der Waals surface area contributed by atoms with Gasteiger partial charge in [0, 0.05) is 11.3 Å². The van der Waals surface area contributed by atoms with Gasteiger partial charge in [-0.2, -0.15) is 4.98 Å². The molecule has 1 atom stereocenters. The van der Waals surface area contributed by atoms with Gasteiger partial charge >= 0.3 is 0 Å². The quantitative estimate of drug-likeness (QED) is 0.435. The Morgan fingerprint density at radius 3 is 2.56 bits per heavy atom. The maximum atomic E-state index is 13.6. The summed E-state index contributed by atoms with van der Waals surface area (Å²) in [5.74, 6) is 2.76. The molecule has 3 heterocycles. The Balaban J connectivity index is 1.60. The molecular formula is C26H25N5O3. The van der Waals surface area contributed by atoms with Crippen LogP contribution >= 0.6 is 0 Å². The van der Waals surface area contributed by atoms with Crippen LogP contribution in [0.5, 0.6) is 5.75 Å². The second kappa shape index (κ2) is 8.55. The molecule has 4 aromatic rings. The number of aromatic nitrogens is 3. The maximum Gasteiger partial charge on any atom is 0.256 e. The molecule has 0 saturated carbocycles.